The number of ether oxygens (including phenoxy) is 1. The van der Waals surface area contributed by atoms with Crippen molar-refractivity contribution in [2.75, 3.05) is 19.7 Å². The van der Waals surface area contributed by atoms with Crippen LogP contribution in [0.25, 0.3) is 10.9 Å². The predicted molar refractivity (Wildman–Crippen MR) is 95.4 cm³/mol. The van der Waals surface area contributed by atoms with Gasteiger partial charge in [0, 0.05) is 24.9 Å². The number of para-hydroxylation sites is 1. The molecule has 1 aromatic carbocycles. The van der Waals surface area contributed by atoms with E-state index in [0.29, 0.717) is 50.8 Å². The summed E-state index contributed by atoms with van der Waals surface area (Å²) in [7, 11) is 0. The Morgan fingerprint density at radius 3 is 2.73 bits per heavy atom. The van der Waals surface area contributed by atoms with Crippen LogP contribution in [0.5, 0.6) is 0 Å². The summed E-state index contributed by atoms with van der Waals surface area (Å²) in [5.41, 5.74) is -0.572. The van der Waals surface area contributed by atoms with Crippen LogP contribution in [0.3, 0.4) is 0 Å². The van der Waals surface area contributed by atoms with Crippen molar-refractivity contribution < 1.29 is 19.0 Å². The number of nitrogens with zero attached hydrogens (tertiary/aromatic N) is 2. The fraction of sp³-hybridized carbons (Fsp3) is 0.500. The molecule has 2 saturated heterocycles. The number of likely N-dealkylation sites (tertiary alicyclic amines) is 1. The monoisotopic (exact) mass is 358 g/mol. The molecule has 1 spiro atoms. The number of carbonyl (C=O) groups excluding carboxylic acids is 1. The molecule has 26 heavy (non-hydrogen) atoms. The van der Waals surface area contributed by atoms with Crippen LogP contribution in [-0.2, 0) is 4.74 Å². The number of aliphatic hydroxyl groups is 1. The lowest BCUT2D eigenvalue weighted by Crippen LogP contribution is -2.54. The Morgan fingerprint density at radius 1 is 1.23 bits per heavy atom. The van der Waals surface area contributed by atoms with Crippen molar-refractivity contribution in [1.29, 1.82) is 0 Å². The van der Waals surface area contributed by atoms with Crippen LogP contribution in [0.1, 0.15) is 43.1 Å². The molecule has 138 valence electrons. The van der Waals surface area contributed by atoms with Gasteiger partial charge in [-0.2, -0.15) is 0 Å². The van der Waals surface area contributed by atoms with E-state index in [2.05, 4.69) is 4.98 Å². The van der Waals surface area contributed by atoms with Crippen molar-refractivity contribution in [3.63, 3.8) is 0 Å². The summed E-state index contributed by atoms with van der Waals surface area (Å²) < 4.78 is 19.9. The minimum Gasteiger partial charge on any atom is -0.390 e. The highest BCUT2D eigenvalue weighted by molar-refractivity contribution is 5.95. The number of hydrogen-bond donors (Lipinski definition) is 1. The van der Waals surface area contributed by atoms with Gasteiger partial charge in [-0.3, -0.25) is 4.79 Å². The topological polar surface area (TPSA) is 62.7 Å². The van der Waals surface area contributed by atoms with Crippen LogP contribution in [0.4, 0.5) is 4.39 Å². The van der Waals surface area contributed by atoms with E-state index in [1.165, 1.54) is 6.07 Å². The number of piperidine rings is 1. The van der Waals surface area contributed by atoms with Crippen molar-refractivity contribution in [2.45, 2.75) is 43.8 Å². The third kappa shape index (κ3) is 3.19. The first kappa shape index (κ1) is 17.4. The van der Waals surface area contributed by atoms with Gasteiger partial charge in [0.1, 0.15) is 17.0 Å². The molecule has 1 N–H and O–H groups in total. The number of benzene rings is 1. The van der Waals surface area contributed by atoms with Crippen molar-refractivity contribution in [1.82, 2.24) is 9.88 Å². The molecule has 6 heteroatoms. The maximum absolute atomic E-state index is 14.0. The van der Waals surface area contributed by atoms with Gasteiger partial charge >= 0.3 is 0 Å². The van der Waals surface area contributed by atoms with E-state index >= 15 is 0 Å². The number of amides is 1. The summed E-state index contributed by atoms with van der Waals surface area (Å²) in [4.78, 5) is 18.8. The zero-order chi connectivity index (χ0) is 18.4. The van der Waals surface area contributed by atoms with Crippen LogP contribution in [0, 0.1) is 5.82 Å². The Balaban J connectivity index is 1.49. The molecule has 5 nitrogen and oxygen atoms in total. The third-order valence-corrected chi connectivity index (χ3v) is 5.60. The van der Waals surface area contributed by atoms with E-state index in [1.807, 2.05) is 6.92 Å². The zero-order valence-corrected chi connectivity index (χ0v) is 14.9. The Kier molecular flexibility index (Phi) is 4.20. The summed E-state index contributed by atoms with van der Waals surface area (Å²) in [6.45, 7) is 3.49. The Labute approximate surface area is 151 Å². The number of hydrogen-bond acceptors (Lipinski definition) is 4. The number of carbonyl (C=O) groups is 1. The zero-order valence-electron chi connectivity index (χ0n) is 14.9. The van der Waals surface area contributed by atoms with E-state index in [9.17, 15) is 14.3 Å². The van der Waals surface area contributed by atoms with Crippen LogP contribution in [0.2, 0.25) is 0 Å². The molecule has 2 aromatic rings. The standard InChI is InChI=1S/C20H23FN2O3/c1-19(25)9-12-26-20(13-19)7-10-23(11-8-20)18(24)16-6-5-14-3-2-4-15(21)17(14)22-16/h2-6,25H,7-13H2,1H3. The summed E-state index contributed by atoms with van der Waals surface area (Å²) in [6, 6.07) is 8.13. The molecule has 0 saturated carbocycles. The van der Waals surface area contributed by atoms with Crippen LogP contribution < -0.4 is 0 Å². The lowest BCUT2D eigenvalue weighted by Gasteiger charge is -2.48. The molecular weight excluding hydrogens is 335 g/mol. The fourth-order valence-electron chi connectivity index (χ4n) is 4.15. The Bertz CT molecular complexity index is 844. The Hall–Kier alpha value is -2.05. The molecular formula is C20H23FN2O3. The molecule has 1 unspecified atom stereocenters. The average Bonchev–Trinajstić information content (AvgIpc) is 2.61. The highest BCUT2D eigenvalue weighted by Crippen LogP contribution is 2.39. The van der Waals surface area contributed by atoms with Crippen LogP contribution >= 0.6 is 0 Å². The van der Waals surface area contributed by atoms with E-state index in [4.69, 9.17) is 4.74 Å². The quantitative estimate of drug-likeness (QED) is 0.851. The first-order valence-electron chi connectivity index (χ1n) is 9.09. The number of pyridine rings is 1. The Morgan fingerprint density at radius 2 is 2.00 bits per heavy atom. The van der Waals surface area contributed by atoms with Crippen LogP contribution in [0.15, 0.2) is 30.3 Å². The van der Waals surface area contributed by atoms with Gasteiger partial charge in [0.25, 0.3) is 5.91 Å². The van der Waals surface area contributed by atoms with Gasteiger partial charge in [-0.05, 0) is 38.3 Å². The van der Waals surface area contributed by atoms with Crippen molar-refractivity contribution in [3.8, 4) is 0 Å². The van der Waals surface area contributed by atoms with Gasteiger partial charge in [0.2, 0.25) is 0 Å². The molecule has 1 aromatic heterocycles. The molecule has 1 amide bonds. The fourth-order valence-corrected chi connectivity index (χ4v) is 4.15. The maximum Gasteiger partial charge on any atom is 0.272 e. The highest BCUT2D eigenvalue weighted by Gasteiger charge is 2.45. The largest absolute Gasteiger partial charge is 0.390 e. The van der Waals surface area contributed by atoms with E-state index in [1.54, 1.807) is 29.2 Å². The number of halogens is 1. The maximum atomic E-state index is 14.0. The first-order chi connectivity index (χ1) is 12.4. The highest BCUT2D eigenvalue weighted by atomic mass is 19.1. The second kappa shape index (κ2) is 6.28. The van der Waals surface area contributed by atoms with Gasteiger partial charge < -0.3 is 14.7 Å². The van der Waals surface area contributed by atoms with Gasteiger partial charge in [0.05, 0.1) is 17.8 Å². The predicted octanol–water partition coefficient (Wildman–Crippen LogP) is 2.91. The summed E-state index contributed by atoms with van der Waals surface area (Å²) >= 11 is 0. The molecule has 0 bridgehead atoms. The van der Waals surface area contributed by atoms with Crippen LogP contribution in [-0.4, -0.2) is 51.8 Å². The molecule has 0 aliphatic carbocycles. The minimum absolute atomic E-state index is 0.187. The van der Waals surface area contributed by atoms with E-state index in [-0.39, 0.29) is 22.7 Å². The second-order valence-corrected chi connectivity index (χ2v) is 7.76. The van der Waals surface area contributed by atoms with Gasteiger partial charge in [-0.15, -0.1) is 0 Å². The lowest BCUT2D eigenvalue weighted by molar-refractivity contribution is -0.170. The number of aromatic nitrogens is 1. The van der Waals surface area contributed by atoms with E-state index < -0.39 is 11.4 Å². The third-order valence-electron chi connectivity index (χ3n) is 5.60. The number of rotatable bonds is 1. The lowest BCUT2D eigenvalue weighted by atomic mass is 9.78. The molecule has 2 aliphatic heterocycles. The van der Waals surface area contributed by atoms with Gasteiger partial charge in [-0.25, -0.2) is 9.37 Å². The molecule has 0 radical (unpaired) electrons. The minimum atomic E-state index is -0.706. The first-order valence-corrected chi connectivity index (χ1v) is 9.09. The molecule has 1 atom stereocenters. The second-order valence-electron chi connectivity index (χ2n) is 7.76. The molecule has 2 aliphatic rings. The van der Waals surface area contributed by atoms with E-state index in [0.717, 1.165) is 0 Å². The van der Waals surface area contributed by atoms with Crippen molar-refractivity contribution in [3.05, 3.63) is 41.8 Å². The molecule has 3 heterocycles. The van der Waals surface area contributed by atoms with Gasteiger partial charge in [0.15, 0.2) is 0 Å². The van der Waals surface area contributed by atoms with Gasteiger partial charge in [-0.1, -0.05) is 18.2 Å². The summed E-state index contributed by atoms with van der Waals surface area (Å²) in [5, 5.41) is 11.0. The number of fused-ring (bicyclic) bond motifs is 1. The van der Waals surface area contributed by atoms with Crippen molar-refractivity contribution >= 4 is 16.8 Å². The smallest absolute Gasteiger partial charge is 0.272 e. The summed E-state index contributed by atoms with van der Waals surface area (Å²) in [6.07, 6.45) is 2.62. The van der Waals surface area contributed by atoms with Crippen molar-refractivity contribution in [2.24, 2.45) is 0 Å². The molecule has 2 fully saturated rings. The average molecular weight is 358 g/mol. The summed E-state index contributed by atoms with van der Waals surface area (Å²) in [5.74, 6) is -0.611. The normalized spacial score (nSPS) is 25.6. The molecule has 4 rings (SSSR count). The SMILES string of the molecule is CC1(O)CCOC2(CCN(C(=O)c3ccc4cccc(F)c4n3)CC2)C1.